The second-order valence-corrected chi connectivity index (χ2v) is 12.1. The van der Waals surface area contributed by atoms with Crippen LogP contribution in [0.4, 0.5) is 0 Å². The Morgan fingerprint density at radius 1 is 0.923 bits per heavy atom. The van der Waals surface area contributed by atoms with Gasteiger partial charge in [0.15, 0.2) is 5.78 Å². The van der Waals surface area contributed by atoms with Gasteiger partial charge in [0.05, 0.1) is 12.1 Å². The fourth-order valence-electron chi connectivity index (χ4n) is 3.52. The van der Waals surface area contributed by atoms with Crippen molar-refractivity contribution >= 4 is 51.0 Å². The van der Waals surface area contributed by atoms with E-state index in [0.717, 1.165) is 5.75 Å². The number of nitrogens with two attached hydrogens (primary N) is 2. The van der Waals surface area contributed by atoms with Gasteiger partial charge in [-0.1, -0.05) is 60.9 Å². The molecule has 1 aromatic carbocycles. The Balaban J connectivity index is 3.12. The number of aromatic hydroxyl groups is 1. The molecule has 0 saturated heterocycles. The average Bonchev–Trinajstić information content (AvgIpc) is 2.89. The summed E-state index contributed by atoms with van der Waals surface area (Å²) in [5, 5.41) is 17.7. The standard InChI is InChI=1S/C26H41N5O6S2/c1-5-15(3)23(26(37)29-20(16(4)32)11-12-22(28)34)31-25(36)21(13-17-7-9-18(33)10-8-17)30-24(35)19(27)14-39-38-6-2/h7-10,15,19-21,23,33H,5-6,11-14,27H2,1-4H3,(H2,28,34)(H,29,37)(H,30,35)(H,31,36)/t15?,19-,20-,21-,23-/m0/s1. The molecule has 0 radical (unpaired) electrons. The first-order valence-electron chi connectivity index (χ1n) is 12.9. The van der Waals surface area contributed by atoms with Crippen LogP contribution in [0.25, 0.3) is 0 Å². The number of carbonyl (C=O) groups is 5. The van der Waals surface area contributed by atoms with Crippen molar-refractivity contribution in [2.45, 2.75) is 77.5 Å². The highest BCUT2D eigenvalue weighted by atomic mass is 33.1. The van der Waals surface area contributed by atoms with Crippen molar-refractivity contribution in [3.63, 3.8) is 0 Å². The van der Waals surface area contributed by atoms with Crippen LogP contribution >= 0.6 is 21.6 Å². The number of nitrogens with one attached hydrogen (secondary N) is 3. The smallest absolute Gasteiger partial charge is 0.243 e. The highest BCUT2D eigenvalue weighted by Gasteiger charge is 2.32. The molecule has 218 valence electrons. The van der Waals surface area contributed by atoms with Crippen molar-refractivity contribution in [2.24, 2.45) is 17.4 Å². The van der Waals surface area contributed by atoms with Crippen LogP contribution in [-0.4, -0.2) is 70.2 Å². The normalized spacial score (nSPS) is 14.8. The van der Waals surface area contributed by atoms with Gasteiger partial charge in [0.2, 0.25) is 23.6 Å². The van der Waals surface area contributed by atoms with Crippen LogP contribution in [0.3, 0.4) is 0 Å². The molecule has 0 aromatic heterocycles. The number of ketones is 1. The number of primary amides is 1. The maximum atomic E-state index is 13.5. The van der Waals surface area contributed by atoms with E-state index in [1.54, 1.807) is 29.9 Å². The molecule has 0 aliphatic carbocycles. The third-order valence-electron chi connectivity index (χ3n) is 6.07. The zero-order chi connectivity index (χ0) is 29.5. The van der Waals surface area contributed by atoms with Gasteiger partial charge >= 0.3 is 0 Å². The molecular weight excluding hydrogens is 542 g/mol. The van der Waals surface area contributed by atoms with E-state index in [2.05, 4.69) is 16.0 Å². The quantitative estimate of drug-likeness (QED) is 0.108. The van der Waals surface area contributed by atoms with E-state index < -0.39 is 47.8 Å². The molecule has 0 heterocycles. The summed E-state index contributed by atoms with van der Waals surface area (Å²) in [4.78, 5) is 62.7. The van der Waals surface area contributed by atoms with Crippen LogP contribution in [0.5, 0.6) is 5.75 Å². The van der Waals surface area contributed by atoms with Crippen LogP contribution in [0.15, 0.2) is 24.3 Å². The van der Waals surface area contributed by atoms with E-state index in [4.69, 9.17) is 11.5 Å². The Bertz CT molecular complexity index is 978. The molecule has 0 aliphatic heterocycles. The summed E-state index contributed by atoms with van der Waals surface area (Å²) in [5.41, 5.74) is 11.9. The van der Waals surface area contributed by atoms with Gasteiger partial charge in [0.1, 0.15) is 17.8 Å². The summed E-state index contributed by atoms with van der Waals surface area (Å²) in [6.07, 6.45) is 0.589. The molecule has 1 aromatic rings. The molecule has 0 bridgehead atoms. The van der Waals surface area contributed by atoms with Crippen molar-refractivity contribution < 1.29 is 29.1 Å². The Hall–Kier alpha value is -2.77. The molecule has 8 N–H and O–H groups in total. The maximum Gasteiger partial charge on any atom is 0.243 e. The average molecular weight is 584 g/mol. The fourth-order valence-corrected chi connectivity index (χ4v) is 5.31. The first-order chi connectivity index (χ1) is 18.4. The molecule has 11 nitrogen and oxygen atoms in total. The van der Waals surface area contributed by atoms with Gasteiger partial charge in [-0.2, -0.15) is 0 Å². The van der Waals surface area contributed by atoms with Crippen LogP contribution in [0.2, 0.25) is 0 Å². The minimum atomic E-state index is -1.06. The molecule has 1 unspecified atom stereocenters. The van der Waals surface area contributed by atoms with E-state index in [0.29, 0.717) is 17.7 Å². The summed E-state index contributed by atoms with van der Waals surface area (Å²) >= 11 is 0. The number of hydrogen-bond acceptors (Lipinski definition) is 9. The van der Waals surface area contributed by atoms with Gasteiger partial charge in [-0.3, -0.25) is 24.0 Å². The van der Waals surface area contributed by atoms with Gasteiger partial charge in [0, 0.05) is 24.3 Å². The number of rotatable bonds is 18. The first-order valence-corrected chi connectivity index (χ1v) is 15.4. The summed E-state index contributed by atoms with van der Waals surface area (Å²) in [5.74, 6) is -1.67. The largest absolute Gasteiger partial charge is 0.508 e. The fraction of sp³-hybridized carbons (Fsp3) is 0.577. The number of carbonyl (C=O) groups excluding carboxylic acids is 5. The minimum Gasteiger partial charge on any atom is -0.508 e. The predicted octanol–water partition coefficient (Wildman–Crippen LogP) is 1.02. The molecule has 1 rings (SSSR count). The zero-order valence-electron chi connectivity index (χ0n) is 22.9. The van der Waals surface area contributed by atoms with Gasteiger partial charge in [-0.15, -0.1) is 0 Å². The van der Waals surface area contributed by atoms with Crippen molar-refractivity contribution in [3.05, 3.63) is 29.8 Å². The van der Waals surface area contributed by atoms with Crippen LogP contribution < -0.4 is 27.4 Å². The molecule has 0 fully saturated rings. The number of Topliss-reactive ketones (excluding diaryl/α,β-unsaturated/α-hetero) is 1. The van der Waals surface area contributed by atoms with Crippen molar-refractivity contribution in [1.82, 2.24) is 16.0 Å². The number of benzene rings is 1. The second kappa shape index (κ2) is 17.7. The number of phenolic OH excluding ortho intramolecular Hbond substituents is 1. The Kier molecular flexibility index (Phi) is 15.6. The SMILES string of the molecule is CCSSC[C@H](N)C(=O)N[C@@H](Cc1ccc(O)cc1)C(=O)N[C@H](C(=O)N[C@@H](CCC(N)=O)C(C)=O)C(C)CC. The molecule has 0 saturated carbocycles. The summed E-state index contributed by atoms with van der Waals surface area (Å²) in [6.45, 7) is 6.92. The third kappa shape index (κ3) is 12.8. The minimum absolute atomic E-state index is 0.0450. The molecule has 0 spiro atoms. The van der Waals surface area contributed by atoms with Crippen LogP contribution in [0, 0.1) is 5.92 Å². The summed E-state index contributed by atoms with van der Waals surface area (Å²) in [6, 6.07) is 2.35. The lowest BCUT2D eigenvalue weighted by atomic mass is 9.96. The molecule has 39 heavy (non-hydrogen) atoms. The van der Waals surface area contributed by atoms with Gasteiger partial charge in [-0.25, -0.2) is 0 Å². The van der Waals surface area contributed by atoms with Crippen LogP contribution in [0.1, 0.15) is 52.5 Å². The van der Waals surface area contributed by atoms with E-state index in [9.17, 15) is 29.1 Å². The lowest BCUT2D eigenvalue weighted by molar-refractivity contribution is -0.134. The van der Waals surface area contributed by atoms with E-state index >= 15 is 0 Å². The highest BCUT2D eigenvalue weighted by Crippen LogP contribution is 2.21. The van der Waals surface area contributed by atoms with E-state index in [-0.39, 0.29) is 36.7 Å². The van der Waals surface area contributed by atoms with E-state index in [1.807, 2.05) is 13.8 Å². The summed E-state index contributed by atoms with van der Waals surface area (Å²) in [7, 11) is 3.03. The predicted molar refractivity (Wildman–Crippen MR) is 155 cm³/mol. The molecule has 4 amide bonds. The topological polar surface area (TPSA) is 194 Å². The lowest BCUT2D eigenvalue weighted by Gasteiger charge is -2.28. The van der Waals surface area contributed by atoms with Gasteiger partial charge < -0.3 is 32.5 Å². The maximum absolute atomic E-state index is 13.5. The molecule has 0 aliphatic rings. The van der Waals surface area contributed by atoms with Gasteiger partial charge in [0.25, 0.3) is 0 Å². The van der Waals surface area contributed by atoms with Crippen molar-refractivity contribution in [2.75, 3.05) is 11.5 Å². The Morgan fingerprint density at radius 3 is 2.08 bits per heavy atom. The van der Waals surface area contributed by atoms with E-state index in [1.165, 1.54) is 29.9 Å². The first kappa shape index (κ1) is 34.3. The van der Waals surface area contributed by atoms with Crippen molar-refractivity contribution in [1.29, 1.82) is 0 Å². The monoisotopic (exact) mass is 583 g/mol. The van der Waals surface area contributed by atoms with Gasteiger partial charge in [-0.05, 0) is 37.0 Å². The Labute approximate surface area is 237 Å². The molecule has 5 atom stereocenters. The van der Waals surface area contributed by atoms with Crippen molar-refractivity contribution in [3.8, 4) is 5.75 Å². The molecular formula is C26H41N5O6S2. The number of phenols is 1. The highest BCUT2D eigenvalue weighted by molar-refractivity contribution is 8.76. The number of hydrogen-bond donors (Lipinski definition) is 6. The molecule has 13 heteroatoms. The zero-order valence-corrected chi connectivity index (χ0v) is 24.5. The third-order valence-corrected chi connectivity index (χ3v) is 8.59. The summed E-state index contributed by atoms with van der Waals surface area (Å²) < 4.78 is 0. The second-order valence-electron chi connectivity index (χ2n) is 9.28. The Morgan fingerprint density at radius 2 is 1.54 bits per heavy atom. The van der Waals surface area contributed by atoms with Crippen LogP contribution in [-0.2, 0) is 30.4 Å². The number of amides is 4. The lowest BCUT2D eigenvalue weighted by Crippen LogP contribution is -2.59.